The van der Waals surface area contributed by atoms with E-state index >= 15 is 0 Å². The Labute approximate surface area is 187 Å². The van der Waals surface area contributed by atoms with Gasteiger partial charge in [-0.3, -0.25) is 9.59 Å². The highest BCUT2D eigenvalue weighted by atomic mass is 16.2. The summed E-state index contributed by atoms with van der Waals surface area (Å²) in [6.45, 7) is 2.42. The predicted octanol–water partition coefficient (Wildman–Crippen LogP) is 2.42. The number of rotatable bonds is 6. The van der Waals surface area contributed by atoms with E-state index in [2.05, 4.69) is 16.0 Å². The number of hydrogen-bond donors (Lipinski definition) is 3. The minimum Gasteiger partial charge on any atom is -0.351 e. The second kappa shape index (κ2) is 11.0. The van der Waals surface area contributed by atoms with E-state index in [1.807, 2.05) is 36.4 Å². The number of benzene rings is 2. The van der Waals surface area contributed by atoms with Gasteiger partial charge in [-0.1, -0.05) is 30.3 Å². The summed E-state index contributed by atoms with van der Waals surface area (Å²) in [5.41, 5.74) is 2.13. The van der Waals surface area contributed by atoms with Gasteiger partial charge in [-0.2, -0.15) is 5.26 Å². The van der Waals surface area contributed by atoms with Crippen molar-refractivity contribution < 1.29 is 14.4 Å². The predicted molar refractivity (Wildman–Crippen MR) is 121 cm³/mol. The van der Waals surface area contributed by atoms with Crippen molar-refractivity contribution in [1.29, 1.82) is 5.26 Å². The van der Waals surface area contributed by atoms with Crippen molar-refractivity contribution in [3.05, 3.63) is 65.7 Å². The van der Waals surface area contributed by atoms with Gasteiger partial charge in [-0.15, -0.1) is 0 Å². The Morgan fingerprint density at radius 3 is 2.31 bits per heavy atom. The number of nitrogens with one attached hydrogen (secondary N) is 3. The fourth-order valence-corrected chi connectivity index (χ4v) is 3.66. The van der Waals surface area contributed by atoms with Gasteiger partial charge in [-0.25, -0.2) is 4.79 Å². The van der Waals surface area contributed by atoms with Crippen molar-refractivity contribution in [3.8, 4) is 6.07 Å². The zero-order chi connectivity index (χ0) is 22.9. The van der Waals surface area contributed by atoms with Crippen molar-refractivity contribution in [2.45, 2.75) is 38.3 Å². The summed E-state index contributed by atoms with van der Waals surface area (Å²) in [5.74, 6) is -0.472. The Balaban J connectivity index is 1.49. The van der Waals surface area contributed by atoms with Crippen LogP contribution in [0.1, 0.15) is 30.9 Å². The largest absolute Gasteiger partial charge is 0.351 e. The molecule has 1 heterocycles. The summed E-state index contributed by atoms with van der Waals surface area (Å²) in [6.07, 6.45) is 1.67. The molecule has 8 heteroatoms. The molecule has 0 aliphatic carbocycles. The molecule has 2 aromatic carbocycles. The Morgan fingerprint density at radius 1 is 1.06 bits per heavy atom. The van der Waals surface area contributed by atoms with E-state index in [0.29, 0.717) is 43.6 Å². The SMILES string of the molecule is CC(=O)NC(Cc1ccccc1)C(=O)NC1CCN(C(=O)Nc2ccc(C#N)cc2)CC1. The van der Waals surface area contributed by atoms with Gasteiger partial charge in [0, 0.05) is 38.2 Å². The van der Waals surface area contributed by atoms with E-state index in [4.69, 9.17) is 5.26 Å². The van der Waals surface area contributed by atoms with E-state index in [1.54, 1.807) is 29.2 Å². The van der Waals surface area contributed by atoms with Gasteiger partial charge in [-0.05, 0) is 42.7 Å². The number of nitrogens with zero attached hydrogens (tertiary/aromatic N) is 2. The Hall–Kier alpha value is -3.86. The summed E-state index contributed by atoms with van der Waals surface area (Å²) >= 11 is 0. The van der Waals surface area contributed by atoms with Crippen LogP contribution in [0.4, 0.5) is 10.5 Å². The lowest BCUT2D eigenvalue weighted by Gasteiger charge is -2.33. The second-order valence-corrected chi connectivity index (χ2v) is 7.83. The lowest BCUT2D eigenvalue weighted by molar-refractivity contribution is -0.128. The first kappa shape index (κ1) is 22.8. The molecule has 8 nitrogen and oxygen atoms in total. The number of carbonyl (C=O) groups excluding carboxylic acids is 3. The smallest absolute Gasteiger partial charge is 0.321 e. The molecular formula is C24H27N5O3. The molecule has 1 atom stereocenters. The molecule has 32 heavy (non-hydrogen) atoms. The van der Waals surface area contributed by atoms with Crippen LogP contribution in [0.2, 0.25) is 0 Å². The summed E-state index contributed by atoms with van der Waals surface area (Å²) in [6, 6.07) is 17.4. The van der Waals surface area contributed by atoms with Gasteiger partial charge < -0.3 is 20.9 Å². The minimum atomic E-state index is -0.646. The number of urea groups is 1. The van der Waals surface area contributed by atoms with Crippen LogP contribution in [0, 0.1) is 11.3 Å². The average molecular weight is 434 g/mol. The quantitative estimate of drug-likeness (QED) is 0.649. The van der Waals surface area contributed by atoms with Gasteiger partial charge in [0.05, 0.1) is 11.6 Å². The Kier molecular flexibility index (Phi) is 7.81. The molecule has 0 saturated carbocycles. The third kappa shape index (κ3) is 6.57. The van der Waals surface area contributed by atoms with E-state index in [9.17, 15) is 14.4 Å². The zero-order valence-corrected chi connectivity index (χ0v) is 18.0. The summed E-state index contributed by atoms with van der Waals surface area (Å²) in [7, 11) is 0. The minimum absolute atomic E-state index is 0.0616. The molecule has 1 unspecified atom stereocenters. The maximum atomic E-state index is 12.8. The van der Waals surface area contributed by atoms with Crippen LogP contribution in [0.5, 0.6) is 0 Å². The summed E-state index contributed by atoms with van der Waals surface area (Å²) in [5, 5.41) is 17.4. The number of anilines is 1. The number of nitriles is 1. The van der Waals surface area contributed by atoms with Crippen LogP contribution >= 0.6 is 0 Å². The van der Waals surface area contributed by atoms with Gasteiger partial charge in [0.25, 0.3) is 0 Å². The zero-order valence-electron chi connectivity index (χ0n) is 18.0. The molecule has 0 spiro atoms. The molecule has 1 saturated heterocycles. The first-order valence-corrected chi connectivity index (χ1v) is 10.6. The number of piperidine rings is 1. The first-order valence-electron chi connectivity index (χ1n) is 10.6. The van der Waals surface area contributed by atoms with Crippen molar-refractivity contribution in [3.63, 3.8) is 0 Å². The van der Waals surface area contributed by atoms with E-state index in [-0.39, 0.29) is 23.9 Å². The number of likely N-dealkylation sites (tertiary alicyclic amines) is 1. The Morgan fingerprint density at radius 2 is 1.72 bits per heavy atom. The maximum Gasteiger partial charge on any atom is 0.321 e. The highest BCUT2D eigenvalue weighted by Gasteiger charge is 2.27. The van der Waals surface area contributed by atoms with Crippen LogP contribution in [0.3, 0.4) is 0 Å². The van der Waals surface area contributed by atoms with Gasteiger partial charge in [0.1, 0.15) is 6.04 Å². The van der Waals surface area contributed by atoms with E-state index in [0.717, 1.165) is 5.56 Å². The average Bonchev–Trinajstić information content (AvgIpc) is 2.80. The van der Waals surface area contributed by atoms with Gasteiger partial charge in [0.15, 0.2) is 0 Å². The number of hydrogen-bond acceptors (Lipinski definition) is 4. The first-order chi connectivity index (χ1) is 15.4. The molecule has 3 rings (SSSR count). The fraction of sp³-hybridized carbons (Fsp3) is 0.333. The summed E-state index contributed by atoms with van der Waals surface area (Å²) in [4.78, 5) is 38.6. The molecule has 1 aliphatic heterocycles. The van der Waals surface area contributed by atoms with Gasteiger partial charge >= 0.3 is 6.03 Å². The molecule has 1 aliphatic rings. The van der Waals surface area contributed by atoms with Crippen molar-refractivity contribution in [2.24, 2.45) is 0 Å². The molecule has 166 valence electrons. The lowest BCUT2D eigenvalue weighted by Crippen LogP contribution is -2.53. The normalized spacial score (nSPS) is 14.7. The van der Waals surface area contributed by atoms with Crippen molar-refractivity contribution in [2.75, 3.05) is 18.4 Å². The molecule has 0 aromatic heterocycles. The van der Waals surface area contributed by atoms with Crippen molar-refractivity contribution in [1.82, 2.24) is 15.5 Å². The Bertz CT molecular complexity index is 977. The standard InChI is InChI=1S/C24H27N5O3/c1-17(30)26-22(15-18-5-3-2-4-6-18)23(31)27-21-11-13-29(14-12-21)24(32)28-20-9-7-19(16-25)8-10-20/h2-10,21-22H,11-15H2,1H3,(H,26,30)(H,27,31)(H,28,32). The third-order valence-electron chi connectivity index (χ3n) is 5.37. The second-order valence-electron chi connectivity index (χ2n) is 7.83. The molecular weight excluding hydrogens is 406 g/mol. The monoisotopic (exact) mass is 433 g/mol. The highest BCUT2D eigenvalue weighted by Crippen LogP contribution is 2.15. The maximum absolute atomic E-state index is 12.8. The van der Waals surface area contributed by atoms with Crippen LogP contribution in [-0.4, -0.2) is 47.9 Å². The van der Waals surface area contributed by atoms with Crippen molar-refractivity contribution >= 4 is 23.5 Å². The van der Waals surface area contributed by atoms with Gasteiger partial charge in [0.2, 0.25) is 11.8 Å². The van der Waals surface area contributed by atoms with Crippen LogP contribution < -0.4 is 16.0 Å². The van der Waals surface area contributed by atoms with Crippen LogP contribution in [-0.2, 0) is 16.0 Å². The molecule has 0 bridgehead atoms. The third-order valence-corrected chi connectivity index (χ3v) is 5.37. The summed E-state index contributed by atoms with van der Waals surface area (Å²) < 4.78 is 0. The lowest BCUT2D eigenvalue weighted by atomic mass is 10.0. The molecule has 3 N–H and O–H groups in total. The number of carbonyl (C=O) groups is 3. The van der Waals surface area contributed by atoms with E-state index in [1.165, 1.54) is 6.92 Å². The molecule has 2 aromatic rings. The fourth-order valence-electron chi connectivity index (χ4n) is 3.66. The number of amides is 4. The molecule has 4 amide bonds. The highest BCUT2D eigenvalue weighted by molar-refractivity contribution is 5.89. The van der Waals surface area contributed by atoms with E-state index < -0.39 is 6.04 Å². The molecule has 0 radical (unpaired) electrons. The molecule has 1 fully saturated rings. The van der Waals surface area contributed by atoms with Crippen LogP contribution in [0.25, 0.3) is 0 Å². The topological polar surface area (TPSA) is 114 Å². The van der Waals surface area contributed by atoms with Crippen LogP contribution in [0.15, 0.2) is 54.6 Å².